The van der Waals surface area contributed by atoms with E-state index in [1.54, 1.807) is 0 Å². The van der Waals surface area contributed by atoms with Crippen LogP contribution in [-0.4, -0.2) is 59.5 Å². The van der Waals surface area contributed by atoms with Gasteiger partial charge < -0.3 is 15.0 Å². The SMILES string of the molecule is CCOC1CC(NC2=NCCN2C)C1n1cccn1. The minimum absolute atomic E-state index is 0.245. The van der Waals surface area contributed by atoms with Gasteiger partial charge in [-0.2, -0.15) is 5.10 Å². The number of ether oxygens (including phenoxy) is 1. The van der Waals surface area contributed by atoms with E-state index < -0.39 is 0 Å². The molecule has 1 aromatic heterocycles. The summed E-state index contributed by atoms with van der Waals surface area (Å²) < 4.78 is 7.78. The van der Waals surface area contributed by atoms with E-state index in [1.165, 1.54) is 0 Å². The van der Waals surface area contributed by atoms with E-state index in [0.29, 0.717) is 6.04 Å². The van der Waals surface area contributed by atoms with Crippen LogP contribution in [0.1, 0.15) is 19.4 Å². The first-order valence-electron chi connectivity index (χ1n) is 6.92. The summed E-state index contributed by atoms with van der Waals surface area (Å²) in [5.41, 5.74) is 0. The Morgan fingerprint density at radius 3 is 3.05 bits per heavy atom. The molecule has 2 heterocycles. The Labute approximate surface area is 113 Å². The molecule has 0 amide bonds. The first-order chi connectivity index (χ1) is 9.29. The summed E-state index contributed by atoms with van der Waals surface area (Å²) in [5, 5.41) is 7.88. The highest BCUT2D eigenvalue weighted by atomic mass is 16.5. The number of aromatic nitrogens is 2. The van der Waals surface area contributed by atoms with Gasteiger partial charge in [0.2, 0.25) is 0 Å². The molecule has 1 aliphatic carbocycles. The fourth-order valence-corrected chi connectivity index (χ4v) is 2.78. The van der Waals surface area contributed by atoms with Gasteiger partial charge in [-0.1, -0.05) is 0 Å². The average Bonchev–Trinajstić information content (AvgIpc) is 3.00. The maximum atomic E-state index is 5.78. The van der Waals surface area contributed by atoms with Crippen molar-refractivity contribution in [3.05, 3.63) is 18.5 Å². The lowest BCUT2D eigenvalue weighted by Gasteiger charge is -2.45. The van der Waals surface area contributed by atoms with Gasteiger partial charge in [-0.3, -0.25) is 9.67 Å². The zero-order valence-electron chi connectivity index (χ0n) is 11.5. The fraction of sp³-hybridized carbons (Fsp3) is 0.692. The molecule has 1 saturated carbocycles. The summed E-state index contributed by atoms with van der Waals surface area (Å²) >= 11 is 0. The topological polar surface area (TPSA) is 54.7 Å². The smallest absolute Gasteiger partial charge is 0.194 e. The molecule has 3 unspecified atom stereocenters. The first-order valence-corrected chi connectivity index (χ1v) is 6.92. The number of hydrogen-bond acceptors (Lipinski definition) is 5. The molecule has 0 saturated heterocycles. The van der Waals surface area contributed by atoms with Crippen LogP contribution in [0.5, 0.6) is 0 Å². The molecule has 0 spiro atoms. The maximum Gasteiger partial charge on any atom is 0.194 e. The van der Waals surface area contributed by atoms with Gasteiger partial charge in [0.15, 0.2) is 5.96 Å². The Morgan fingerprint density at radius 1 is 1.53 bits per heavy atom. The molecule has 6 nitrogen and oxygen atoms in total. The van der Waals surface area contributed by atoms with Crippen LogP contribution in [0.15, 0.2) is 23.5 Å². The Balaban J connectivity index is 1.68. The highest BCUT2D eigenvalue weighted by Crippen LogP contribution is 2.35. The summed E-state index contributed by atoms with van der Waals surface area (Å²) in [4.78, 5) is 6.65. The Bertz CT molecular complexity index is 444. The van der Waals surface area contributed by atoms with Crippen molar-refractivity contribution in [2.75, 3.05) is 26.7 Å². The second-order valence-electron chi connectivity index (χ2n) is 5.08. The van der Waals surface area contributed by atoms with Crippen molar-refractivity contribution < 1.29 is 4.74 Å². The molecule has 6 heteroatoms. The Morgan fingerprint density at radius 2 is 2.42 bits per heavy atom. The molecule has 1 aliphatic heterocycles. The molecule has 104 valence electrons. The van der Waals surface area contributed by atoms with Crippen molar-refractivity contribution in [3.63, 3.8) is 0 Å². The second-order valence-corrected chi connectivity index (χ2v) is 5.08. The minimum atomic E-state index is 0.245. The highest BCUT2D eigenvalue weighted by Gasteiger charge is 2.44. The molecule has 0 radical (unpaired) electrons. The van der Waals surface area contributed by atoms with E-state index >= 15 is 0 Å². The van der Waals surface area contributed by atoms with Gasteiger partial charge in [0.05, 0.1) is 24.7 Å². The lowest BCUT2D eigenvalue weighted by Crippen LogP contribution is -2.58. The standard InChI is InChI=1S/C13H21N5O/c1-3-19-11-9-10(12(11)18-7-4-5-15-18)16-13-14-6-8-17(13)2/h4-5,7,10-12H,3,6,8-9H2,1-2H3,(H,14,16). The molecule has 2 aliphatic rings. The molecule has 3 rings (SSSR count). The van der Waals surface area contributed by atoms with E-state index in [1.807, 2.05) is 30.1 Å². The van der Waals surface area contributed by atoms with Crippen molar-refractivity contribution in [2.45, 2.75) is 31.5 Å². The quantitative estimate of drug-likeness (QED) is 0.859. The van der Waals surface area contributed by atoms with Gasteiger partial charge >= 0.3 is 0 Å². The zero-order chi connectivity index (χ0) is 13.2. The fourth-order valence-electron chi connectivity index (χ4n) is 2.78. The summed E-state index contributed by atoms with van der Waals surface area (Å²) in [7, 11) is 2.07. The maximum absolute atomic E-state index is 5.78. The van der Waals surface area contributed by atoms with Gasteiger partial charge in [0.25, 0.3) is 0 Å². The number of aliphatic imine (C=N–C) groups is 1. The molecular formula is C13H21N5O. The van der Waals surface area contributed by atoms with Gasteiger partial charge in [0, 0.05) is 32.6 Å². The van der Waals surface area contributed by atoms with Crippen LogP contribution < -0.4 is 5.32 Å². The predicted molar refractivity (Wildman–Crippen MR) is 73.2 cm³/mol. The van der Waals surface area contributed by atoms with E-state index in [2.05, 4.69) is 27.4 Å². The molecule has 3 atom stereocenters. The van der Waals surface area contributed by atoms with E-state index in [-0.39, 0.29) is 12.1 Å². The molecular weight excluding hydrogens is 242 g/mol. The van der Waals surface area contributed by atoms with Crippen LogP contribution in [0.25, 0.3) is 0 Å². The Hall–Kier alpha value is -1.56. The molecule has 0 bridgehead atoms. The van der Waals surface area contributed by atoms with Gasteiger partial charge in [0.1, 0.15) is 0 Å². The normalized spacial score (nSPS) is 30.1. The lowest BCUT2D eigenvalue weighted by molar-refractivity contribution is -0.0565. The first kappa shape index (κ1) is 12.5. The van der Waals surface area contributed by atoms with Gasteiger partial charge in [-0.05, 0) is 19.4 Å². The van der Waals surface area contributed by atoms with Crippen molar-refractivity contribution >= 4 is 5.96 Å². The highest BCUT2D eigenvalue weighted by molar-refractivity contribution is 5.81. The number of nitrogens with one attached hydrogen (secondary N) is 1. The van der Waals surface area contributed by atoms with Crippen molar-refractivity contribution in [1.29, 1.82) is 0 Å². The zero-order valence-corrected chi connectivity index (χ0v) is 11.5. The number of hydrogen-bond donors (Lipinski definition) is 1. The monoisotopic (exact) mass is 263 g/mol. The predicted octanol–water partition coefficient (Wildman–Crippen LogP) is 0.493. The summed E-state index contributed by atoms with van der Waals surface area (Å²) in [6, 6.07) is 2.56. The van der Waals surface area contributed by atoms with Gasteiger partial charge in [-0.25, -0.2) is 0 Å². The Kier molecular flexibility index (Phi) is 3.42. The number of likely N-dealkylation sites (N-methyl/N-ethyl adjacent to an activating group) is 1. The summed E-state index contributed by atoms with van der Waals surface area (Å²) in [6.45, 7) is 4.66. The largest absolute Gasteiger partial charge is 0.376 e. The minimum Gasteiger partial charge on any atom is -0.376 e. The molecule has 1 fully saturated rings. The number of rotatable bonds is 4. The molecule has 1 N–H and O–H groups in total. The van der Waals surface area contributed by atoms with E-state index in [4.69, 9.17) is 4.74 Å². The lowest BCUT2D eigenvalue weighted by atomic mass is 9.82. The third-order valence-corrected chi connectivity index (χ3v) is 3.86. The van der Waals surface area contributed by atoms with E-state index in [0.717, 1.165) is 32.1 Å². The molecule has 19 heavy (non-hydrogen) atoms. The summed E-state index contributed by atoms with van der Waals surface area (Å²) in [6.07, 6.45) is 5.07. The average molecular weight is 263 g/mol. The molecule has 0 aromatic carbocycles. The van der Waals surface area contributed by atoms with Crippen LogP contribution in [0.4, 0.5) is 0 Å². The van der Waals surface area contributed by atoms with Crippen molar-refractivity contribution in [1.82, 2.24) is 20.0 Å². The third-order valence-electron chi connectivity index (χ3n) is 3.86. The van der Waals surface area contributed by atoms with Crippen molar-refractivity contribution in [3.8, 4) is 0 Å². The van der Waals surface area contributed by atoms with Crippen LogP contribution in [-0.2, 0) is 4.74 Å². The number of nitrogens with zero attached hydrogens (tertiary/aromatic N) is 4. The van der Waals surface area contributed by atoms with Crippen LogP contribution in [0, 0.1) is 0 Å². The number of guanidine groups is 1. The van der Waals surface area contributed by atoms with Crippen molar-refractivity contribution in [2.24, 2.45) is 4.99 Å². The summed E-state index contributed by atoms with van der Waals surface area (Å²) in [5.74, 6) is 0.997. The van der Waals surface area contributed by atoms with Gasteiger partial charge in [-0.15, -0.1) is 0 Å². The van der Waals surface area contributed by atoms with E-state index in [9.17, 15) is 0 Å². The van der Waals surface area contributed by atoms with Crippen LogP contribution in [0.2, 0.25) is 0 Å². The third kappa shape index (κ3) is 2.32. The van der Waals surface area contributed by atoms with Crippen LogP contribution >= 0.6 is 0 Å². The van der Waals surface area contributed by atoms with Crippen LogP contribution in [0.3, 0.4) is 0 Å². The second kappa shape index (κ2) is 5.21. The molecule has 1 aromatic rings.